The molecule has 0 spiro atoms. The Hall–Kier alpha value is -0.564. The molecule has 0 radical (unpaired) electrons. The van der Waals surface area contributed by atoms with E-state index in [9.17, 15) is 22.8 Å². The van der Waals surface area contributed by atoms with E-state index in [1.807, 2.05) is 6.92 Å². The molecule has 0 atom stereocenters. The molecule has 0 fully saturated rings. The standard InChI is InChI=1S/C21H34O9S.K.H/c1-6-7-8-9-11-21(14-29-18(22)16(2)3,15-30-19(23)17(4)5)20(24)28-12-10-13-31(25,26)27;;/h2,4,6-15H2,1,3,5H3,(H,25,26,27);;. The molecule has 0 bridgehead atoms. The van der Waals surface area contributed by atoms with E-state index in [1.54, 1.807) is 0 Å². The van der Waals surface area contributed by atoms with Gasteiger partial charge in [-0.1, -0.05) is 45.8 Å². The van der Waals surface area contributed by atoms with E-state index < -0.39 is 52.4 Å². The maximum atomic E-state index is 13.0. The second-order valence-electron chi connectivity index (χ2n) is 7.58. The van der Waals surface area contributed by atoms with Crippen molar-refractivity contribution >= 4 is 79.4 Å². The fourth-order valence-electron chi connectivity index (χ4n) is 2.51. The van der Waals surface area contributed by atoms with Gasteiger partial charge in [0.1, 0.15) is 18.6 Å². The van der Waals surface area contributed by atoms with Crippen LogP contribution in [0.4, 0.5) is 0 Å². The summed E-state index contributed by atoms with van der Waals surface area (Å²) in [5.41, 5.74) is -1.19. The van der Waals surface area contributed by atoms with Gasteiger partial charge in [-0.25, -0.2) is 9.59 Å². The van der Waals surface area contributed by atoms with E-state index in [-0.39, 0.29) is 82.0 Å². The first-order valence-corrected chi connectivity index (χ1v) is 11.7. The van der Waals surface area contributed by atoms with Crippen molar-refractivity contribution in [2.75, 3.05) is 25.6 Å². The number of ether oxygens (including phenoxy) is 3. The Bertz CT molecular complexity index is 729. The molecule has 0 aromatic carbocycles. The summed E-state index contributed by atoms with van der Waals surface area (Å²) in [5.74, 6) is -2.77. The van der Waals surface area contributed by atoms with Crippen molar-refractivity contribution in [3.8, 4) is 0 Å². The number of carbonyl (C=O) groups excluding carboxylic acids is 3. The van der Waals surface area contributed by atoms with Crippen molar-refractivity contribution in [2.45, 2.75) is 59.3 Å². The molecule has 0 amide bonds. The zero-order chi connectivity index (χ0) is 24.1. The fourth-order valence-corrected chi connectivity index (χ4v) is 2.99. The Balaban J connectivity index is 0. The summed E-state index contributed by atoms with van der Waals surface area (Å²) in [6.07, 6.45) is 3.38. The van der Waals surface area contributed by atoms with E-state index >= 15 is 0 Å². The molecule has 0 saturated carbocycles. The van der Waals surface area contributed by atoms with E-state index in [4.69, 9.17) is 18.8 Å². The molecule has 180 valence electrons. The normalized spacial score (nSPS) is 11.1. The topological polar surface area (TPSA) is 133 Å². The third kappa shape index (κ3) is 14.6. The summed E-state index contributed by atoms with van der Waals surface area (Å²) < 4.78 is 46.1. The summed E-state index contributed by atoms with van der Waals surface area (Å²) in [6.45, 7) is 10.9. The van der Waals surface area contributed by atoms with Crippen LogP contribution < -0.4 is 0 Å². The fraction of sp³-hybridized carbons (Fsp3) is 0.667. The van der Waals surface area contributed by atoms with E-state index in [1.165, 1.54) is 13.8 Å². The van der Waals surface area contributed by atoms with Gasteiger partial charge < -0.3 is 14.2 Å². The van der Waals surface area contributed by atoms with Crippen molar-refractivity contribution in [2.24, 2.45) is 5.41 Å². The third-order valence-corrected chi connectivity index (χ3v) is 5.18. The molecule has 0 aliphatic carbocycles. The first-order valence-electron chi connectivity index (χ1n) is 10.1. The first-order chi connectivity index (χ1) is 14.3. The second kappa shape index (κ2) is 17.0. The summed E-state index contributed by atoms with van der Waals surface area (Å²) in [4.78, 5) is 36.8. The maximum absolute atomic E-state index is 13.0. The van der Waals surface area contributed by atoms with Crippen LogP contribution in [0.3, 0.4) is 0 Å². The monoisotopic (exact) mass is 502 g/mol. The first kappa shape index (κ1) is 33.6. The molecular formula is C21H35KO9S. The van der Waals surface area contributed by atoms with Crippen molar-refractivity contribution in [3.63, 3.8) is 0 Å². The summed E-state index contributed by atoms with van der Waals surface area (Å²) in [5, 5.41) is 0. The molecule has 0 heterocycles. The molecule has 0 rings (SSSR count). The molecule has 9 nitrogen and oxygen atoms in total. The van der Waals surface area contributed by atoms with Crippen molar-refractivity contribution < 1.29 is 41.6 Å². The predicted octanol–water partition coefficient (Wildman–Crippen LogP) is 2.35. The Kier molecular flexibility index (Phi) is 17.8. The van der Waals surface area contributed by atoms with Gasteiger partial charge in [-0.3, -0.25) is 9.35 Å². The van der Waals surface area contributed by atoms with E-state index in [0.29, 0.717) is 6.42 Å². The second-order valence-corrected chi connectivity index (χ2v) is 9.15. The van der Waals surface area contributed by atoms with E-state index in [0.717, 1.165) is 19.3 Å². The minimum atomic E-state index is -4.19. The van der Waals surface area contributed by atoms with Crippen LogP contribution in [-0.4, -0.2) is 108 Å². The Morgan fingerprint density at radius 2 is 1.38 bits per heavy atom. The van der Waals surface area contributed by atoms with Gasteiger partial charge in [0.25, 0.3) is 10.1 Å². The SMILES string of the molecule is C=C(C)C(=O)OCC(CCCCCC)(COC(=O)C(=C)C)C(=O)OCCCS(=O)(=O)O.[KH]. The van der Waals surface area contributed by atoms with Gasteiger partial charge in [-0.05, 0) is 26.7 Å². The number of esters is 3. The zero-order valence-electron chi connectivity index (χ0n) is 18.6. The summed E-state index contributed by atoms with van der Waals surface area (Å²) in [6, 6.07) is 0. The van der Waals surface area contributed by atoms with Crippen LogP contribution in [0, 0.1) is 5.41 Å². The van der Waals surface area contributed by atoms with Gasteiger partial charge in [-0.15, -0.1) is 0 Å². The summed E-state index contributed by atoms with van der Waals surface area (Å²) in [7, 11) is -4.19. The molecule has 0 saturated heterocycles. The van der Waals surface area contributed by atoms with Gasteiger partial charge in [0, 0.05) is 11.1 Å². The minimum absolute atomic E-state index is 0. The molecule has 0 aliphatic rings. The van der Waals surface area contributed by atoms with Crippen LogP contribution in [0.5, 0.6) is 0 Å². The number of carbonyl (C=O) groups is 3. The molecular weight excluding hydrogens is 467 g/mol. The van der Waals surface area contributed by atoms with Gasteiger partial charge in [-0.2, -0.15) is 8.42 Å². The number of rotatable bonds is 16. The van der Waals surface area contributed by atoms with Gasteiger partial charge in [0.2, 0.25) is 0 Å². The van der Waals surface area contributed by atoms with Gasteiger partial charge in [0.05, 0.1) is 12.4 Å². The molecule has 0 unspecified atom stereocenters. The van der Waals surface area contributed by atoms with Crippen LogP contribution in [0.1, 0.15) is 59.3 Å². The number of hydrogen-bond donors (Lipinski definition) is 1. The van der Waals surface area contributed by atoms with Crippen molar-refractivity contribution in [1.29, 1.82) is 0 Å². The van der Waals surface area contributed by atoms with Crippen LogP contribution in [-0.2, 0) is 38.7 Å². The van der Waals surface area contributed by atoms with E-state index in [2.05, 4.69) is 13.2 Å². The number of hydrogen-bond acceptors (Lipinski definition) is 8. The van der Waals surface area contributed by atoms with Crippen LogP contribution in [0.2, 0.25) is 0 Å². The van der Waals surface area contributed by atoms with Crippen molar-refractivity contribution in [1.82, 2.24) is 0 Å². The van der Waals surface area contributed by atoms with Crippen LogP contribution >= 0.6 is 0 Å². The third-order valence-electron chi connectivity index (χ3n) is 4.38. The predicted molar refractivity (Wildman–Crippen MR) is 122 cm³/mol. The molecule has 32 heavy (non-hydrogen) atoms. The van der Waals surface area contributed by atoms with Crippen LogP contribution in [0.25, 0.3) is 0 Å². The Morgan fingerprint density at radius 3 is 1.78 bits per heavy atom. The summed E-state index contributed by atoms with van der Waals surface area (Å²) >= 11 is 0. The molecule has 11 heteroatoms. The number of unbranched alkanes of at least 4 members (excludes halogenated alkanes) is 3. The van der Waals surface area contributed by atoms with Gasteiger partial charge >= 0.3 is 69.3 Å². The average molecular weight is 503 g/mol. The molecule has 0 aromatic rings. The van der Waals surface area contributed by atoms with Gasteiger partial charge in [0.15, 0.2) is 0 Å². The Morgan fingerprint density at radius 1 is 0.875 bits per heavy atom. The quantitative estimate of drug-likeness (QED) is 0.0843. The van der Waals surface area contributed by atoms with Crippen LogP contribution in [0.15, 0.2) is 24.3 Å². The van der Waals surface area contributed by atoms with Crippen molar-refractivity contribution in [3.05, 3.63) is 24.3 Å². The average Bonchev–Trinajstić information content (AvgIpc) is 2.68. The molecule has 1 N–H and O–H groups in total. The molecule has 0 aromatic heterocycles. The zero-order valence-corrected chi connectivity index (χ0v) is 19.4. The molecule has 0 aliphatic heterocycles. The Labute approximate surface area is 233 Å².